The highest BCUT2D eigenvalue weighted by atomic mass is 16.2. The number of benzene rings is 2. The van der Waals surface area contributed by atoms with Crippen molar-refractivity contribution >= 4 is 11.8 Å². The van der Waals surface area contributed by atoms with E-state index in [2.05, 4.69) is 10.9 Å². The van der Waals surface area contributed by atoms with Gasteiger partial charge in [-0.2, -0.15) is 0 Å². The van der Waals surface area contributed by atoms with Crippen molar-refractivity contribution in [1.29, 1.82) is 0 Å². The Bertz CT molecular complexity index is 692. The summed E-state index contributed by atoms with van der Waals surface area (Å²) >= 11 is 0. The first-order chi connectivity index (χ1) is 10.1. The van der Waals surface area contributed by atoms with Crippen LogP contribution in [-0.4, -0.2) is 11.8 Å². The Balaban J connectivity index is 2.01. The van der Waals surface area contributed by atoms with E-state index in [1.54, 1.807) is 12.1 Å². The SMILES string of the molecule is NNC(=O)c1ccc2c(c1)Cc1cc(C(=O)NN)ccc1-2. The molecule has 0 atom stereocenters. The molecule has 0 heterocycles. The van der Waals surface area contributed by atoms with Crippen molar-refractivity contribution in [1.82, 2.24) is 10.9 Å². The van der Waals surface area contributed by atoms with E-state index in [-0.39, 0.29) is 11.8 Å². The number of nitrogens with one attached hydrogen (secondary N) is 2. The number of fused-ring (bicyclic) bond motifs is 3. The molecule has 0 unspecified atom stereocenters. The third-order valence-electron chi connectivity index (χ3n) is 3.67. The minimum Gasteiger partial charge on any atom is -0.290 e. The van der Waals surface area contributed by atoms with E-state index in [1.807, 2.05) is 24.3 Å². The van der Waals surface area contributed by atoms with Crippen molar-refractivity contribution in [2.45, 2.75) is 6.42 Å². The minimum absolute atomic E-state index is 0.322. The number of hydrazine groups is 2. The second kappa shape index (κ2) is 5.01. The van der Waals surface area contributed by atoms with Gasteiger partial charge in [-0.15, -0.1) is 0 Å². The molecule has 0 aromatic heterocycles. The van der Waals surface area contributed by atoms with Crippen LogP contribution in [0.15, 0.2) is 36.4 Å². The quantitative estimate of drug-likeness (QED) is 0.311. The maximum Gasteiger partial charge on any atom is 0.265 e. The van der Waals surface area contributed by atoms with Gasteiger partial charge < -0.3 is 0 Å². The summed E-state index contributed by atoms with van der Waals surface area (Å²) in [6.45, 7) is 0. The van der Waals surface area contributed by atoms with Gasteiger partial charge in [0.2, 0.25) is 0 Å². The van der Waals surface area contributed by atoms with Crippen LogP contribution < -0.4 is 22.5 Å². The molecule has 106 valence electrons. The Labute approximate surface area is 121 Å². The van der Waals surface area contributed by atoms with E-state index >= 15 is 0 Å². The number of nitrogen functional groups attached to an aromatic ring is 2. The van der Waals surface area contributed by atoms with Gasteiger partial charge in [0.25, 0.3) is 11.8 Å². The number of rotatable bonds is 2. The number of carbonyl (C=O) groups excluding carboxylic acids is 2. The molecule has 0 spiro atoms. The zero-order valence-corrected chi connectivity index (χ0v) is 11.1. The van der Waals surface area contributed by atoms with Crippen LogP contribution in [0.5, 0.6) is 0 Å². The number of hydrogen-bond donors (Lipinski definition) is 4. The van der Waals surface area contributed by atoms with Crippen molar-refractivity contribution in [2.75, 3.05) is 0 Å². The second-order valence-electron chi connectivity index (χ2n) is 4.87. The van der Waals surface area contributed by atoms with Gasteiger partial charge in [0.1, 0.15) is 0 Å². The van der Waals surface area contributed by atoms with Crippen molar-refractivity contribution in [3.8, 4) is 11.1 Å². The molecular formula is C15H14N4O2. The van der Waals surface area contributed by atoms with Gasteiger partial charge in [-0.25, -0.2) is 11.7 Å². The van der Waals surface area contributed by atoms with Crippen LogP contribution in [0.4, 0.5) is 0 Å². The third-order valence-corrected chi connectivity index (χ3v) is 3.67. The van der Waals surface area contributed by atoms with Gasteiger partial charge in [-0.1, -0.05) is 12.1 Å². The first-order valence-electron chi connectivity index (χ1n) is 6.42. The fourth-order valence-electron chi connectivity index (χ4n) is 2.66. The normalized spacial score (nSPS) is 11.5. The largest absolute Gasteiger partial charge is 0.290 e. The highest BCUT2D eigenvalue weighted by molar-refractivity contribution is 5.97. The smallest absolute Gasteiger partial charge is 0.265 e. The molecule has 0 fully saturated rings. The summed E-state index contributed by atoms with van der Waals surface area (Å²) in [5, 5.41) is 0. The van der Waals surface area contributed by atoms with Gasteiger partial charge in [0, 0.05) is 11.1 Å². The molecule has 0 aliphatic heterocycles. The van der Waals surface area contributed by atoms with Crippen LogP contribution in [0.25, 0.3) is 11.1 Å². The maximum atomic E-state index is 11.6. The zero-order chi connectivity index (χ0) is 15.0. The van der Waals surface area contributed by atoms with E-state index in [4.69, 9.17) is 11.7 Å². The summed E-state index contributed by atoms with van der Waals surface area (Å²) in [5.74, 6) is 9.65. The van der Waals surface area contributed by atoms with Crippen LogP contribution >= 0.6 is 0 Å². The molecule has 6 N–H and O–H groups in total. The van der Waals surface area contributed by atoms with Crippen molar-refractivity contribution in [3.05, 3.63) is 58.7 Å². The molecule has 0 saturated carbocycles. The average molecular weight is 282 g/mol. The van der Waals surface area contributed by atoms with Crippen molar-refractivity contribution in [2.24, 2.45) is 11.7 Å². The fraction of sp³-hybridized carbons (Fsp3) is 0.0667. The molecule has 0 radical (unpaired) electrons. The molecule has 21 heavy (non-hydrogen) atoms. The number of carbonyl (C=O) groups is 2. The van der Waals surface area contributed by atoms with Crippen LogP contribution in [0.2, 0.25) is 0 Å². The first-order valence-corrected chi connectivity index (χ1v) is 6.42. The molecule has 3 rings (SSSR count). The second-order valence-corrected chi connectivity index (χ2v) is 4.87. The Morgan fingerprint density at radius 2 is 1.24 bits per heavy atom. The zero-order valence-electron chi connectivity index (χ0n) is 11.1. The molecule has 1 aliphatic rings. The number of nitrogens with two attached hydrogens (primary N) is 2. The monoisotopic (exact) mass is 282 g/mol. The lowest BCUT2D eigenvalue weighted by molar-refractivity contribution is 0.0945. The lowest BCUT2D eigenvalue weighted by Crippen LogP contribution is -2.30. The summed E-state index contributed by atoms with van der Waals surface area (Å²) < 4.78 is 0. The Hall–Kier alpha value is -2.70. The summed E-state index contributed by atoms with van der Waals surface area (Å²) in [6.07, 6.45) is 0.669. The van der Waals surface area contributed by atoms with E-state index in [1.165, 1.54) is 0 Å². The molecule has 1 aliphatic carbocycles. The summed E-state index contributed by atoms with van der Waals surface area (Å²) in [6, 6.07) is 10.9. The molecular weight excluding hydrogens is 268 g/mol. The van der Waals surface area contributed by atoms with E-state index in [0.717, 1.165) is 22.3 Å². The third kappa shape index (κ3) is 2.16. The van der Waals surface area contributed by atoms with Crippen molar-refractivity contribution in [3.63, 3.8) is 0 Å². The van der Waals surface area contributed by atoms with E-state index in [9.17, 15) is 9.59 Å². The van der Waals surface area contributed by atoms with Crippen LogP contribution in [0, 0.1) is 0 Å². The first kappa shape index (κ1) is 13.3. The fourth-order valence-corrected chi connectivity index (χ4v) is 2.66. The predicted molar refractivity (Wildman–Crippen MR) is 78.0 cm³/mol. The highest BCUT2D eigenvalue weighted by Gasteiger charge is 2.21. The number of amides is 2. The summed E-state index contributed by atoms with van der Waals surface area (Å²) in [5.41, 5.74) is 9.49. The molecule has 0 saturated heterocycles. The lowest BCUT2D eigenvalue weighted by Gasteiger charge is -2.05. The Kier molecular flexibility index (Phi) is 3.17. The predicted octanol–water partition coefficient (Wildman–Crippen LogP) is 0.465. The molecule has 2 amide bonds. The lowest BCUT2D eigenvalue weighted by atomic mass is 10.0. The minimum atomic E-state index is -0.322. The molecule has 6 heteroatoms. The van der Waals surface area contributed by atoms with Gasteiger partial charge in [-0.05, 0) is 52.9 Å². The van der Waals surface area contributed by atoms with Crippen molar-refractivity contribution < 1.29 is 9.59 Å². The Morgan fingerprint density at radius 3 is 1.62 bits per heavy atom. The van der Waals surface area contributed by atoms with Crippen LogP contribution in [0.1, 0.15) is 31.8 Å². The highest BCUT2D eigenvalue weighted by Crippen LogP contribution is 2.37. The van der Waals surface area contributed by atoms with E-state index < -0.39 is 0 Å². The van der Waals surface area contributed by atoms with E-state index in [0.29, 0.717) is 17.5 Å². The van der Waals surface area contributed by atoms with Gasteiger partial charge in [0.15, 0.2) is 0 Å². The molecule has 0 bridgehead atoms. The summed E-state index contributed by atoms with van der Waals surface area (Å²) in [4.78, 5) is 23.1. The Morgan fingerprint density at radius 1 is 0.810 bits per heavy atom. The van der Waals surface area contributed by atoms with Gasteiger partial charge in [0.05, 0.1) is 0 Å². The molecule has 2 aromatic rings. The molecule has 6 nitrogen and oxygen atoms in total. The van der Waals surface area contributed by atoms with Gasteiger partial charge >= 0.3 is 0 Å². The summed E-state index contributed by atoms with van der Waals surface area (Å²) in [7, 11) is 0. The molecule has 2 aromatic carbocycles. The van der Waals surface area contributed by atoms with Crippen LogP contribution in [0.3, 0.4) is 0 Å². The topological polar surface area (TPSA) is 110 Å². The van der Waals surface area contributed by atoms with Gasteiger partial charge in [-0.3, -0.25) is 20.4 Å². The number of hydrogen-bond acceptors (Lipinski definition) is 4. The maximum absolute atomic E-state index is 11.6. The average Bonchev–Trinajstić information content (AvgIpc) is 2.89. The van der Waals surface area contributed by atoms with Crippen LogP contribution in [-0.2, 0) is 6.42 Å². The standard InChI is InChI=1S/C15H14N4O2/c16-18-14(20)8-1-3-12-10(5-8)7-11-6-9(15(21)19-17)2-4-13(11)12/h1-6H,7,16-17H2,(H,18,20)(H,19,21).